The molecule has 7 nitrogen and oxygen atoms in total. The summed E-state index contributed by atoms with van der Waals surface area (Å²) in [6.45, 7) is 1.23. The molecular formula is C12H17NO6S2. The van der Waals surface area contributed by atoms with Gasteiger partial charge in [-0.25, -0.2) is 21.1 Å². The van der Waals surface area contributed by atoms with E-state index < -0.39 is 31.7 Å². The van der Waals surface area contributed by atoms with Gasteiger partial charge in [0.1, 0.15) is 0 Å². The highest BCUT2D eigenvalue weighted by Gasteiger charge is 2.25. The Kier molecular flexibility index (Phi) is 5.13. The molecule has 1 aromatic carbocycles. The molecule has 1 atom stereocenters. The summed E-state index contributed by atoms with van der Waals surface area (Å²) in [4.78, 5) is 10.7. The van der Waals surface area contributed by atoms with Gasteiger partial charge in [0.25, 0.3) is 0 Å². The molecule has 0 aliphatic carbocycles. The van der Waals surface area contributed by atoms with Crippen LogP contribution in [0.4, 0.5) is 0 Å². The molecule has 0 radical (unpaired) electrons. The standard InChI is InChI=1S/C12H17NO6S2/c1-9(12(14)15)8-13(2)21(18,19)11-6-4-10(5-7-11)20(3,16)17/h4-7,9H,8H2,1-3H3,(H,14,15). The minimum absolute atomic E-state index is 0.0167. The first kappa shape index (κ1) is 17.6. The van der Waals surface area contributed by atoms with E-state index >= 15 is 0 Å². The summed E-state index contributed by atoms with van der Waals surface area (Å²) < 4.78 is 48.0. The average molecular weight is 335 g/mol. The van der Waals surface area contributed by atoms with Gasteiger partial charge in [0, 0.05) is 19.8 Å². The van der Waals surface area contributed by atoms with Crippen LogP contribution in [0.15, 0.2) is 34.1 Å². The number of hydrogen-bond acceptors (Lipinski definition) is 5. The molecule has 0 saturated heterocycles. The predicted octanol–water partition coefficient (Wildman–Crippen LogP) is 0.431. The molecule has 0 heterocycles. The minimum atomic E-state index is -3.85. The minimum Gasteiger partial charge on any atom is -0.481 e. The van der Waals surface area contributed by atoms with Gasteiger partial charge in [-0.15, -0.1) is 0 Å². The Balaban J connectivity index is 3.05. The summed E-state index contributed by atoms with van der Waals surface area (Å²) in [6, 6.07) is 4.79. The highest BCUT2D eigenvalue weighted by Crippen LogP contribution is 2.18. The highest BCUT2D eigenvalue weighted by molar-refractivity contribution is 7.90. The number of aliphatic carboxylic acids is 1. The second-order valence-electron chi connectivity index (χ2n) is 4.77. The van der Waals surface area contributed by atoms with E-state index in [9.17, 15) is 21.6 Å². The Bertz CT molecular complexity index is 722. The van der Waals surface area contributed by atoms with Gasteiger partial charge in [-0.3, -0.25) is 4.79 Å². The van der Waals surface area contributed by atoms with Crippen molar-refractivity contribution in [3.05, 3.63) is 24.3 Å². The van der Waals surface area contributed by atoms with Gasteiger partial charge < -0.3 is 5.11 Å². The van der Waals surface area contributed by atoms with Crippen molar-refractivity contribution in [1.29, 1.82) is 0 Å². The smallest absolute Gasteiger partial charge is 0.307 e. The number of rotatable bonds is 6. The average Bonchev–Trinajstić information content (AvgIpc) is 2.37. The number of sulfonamides is 1. The fourth-order valence-electron chi connectivity index (χ4n) is 1.60. The fraction of sp³-hybridized carbons (Fsp3) is 0.417. The van der Waals surface area contributed by atoms with Gasteiger partial charge in [-0.1, -0.05) is 6.92 Å². The van der Waals surface area contributed by atoms with Crippen LogP contribution in [0.1, 0.15) is 6.92 Å². The zero-order chi connectivity index (χ0) is 16.4. The topological polar surface area (TPSA) is 109 Å². The molecule has 118 valence electrons. The first-order valence-corrected chi connectivity index (χ1v) is 9.28. The van der Waals surface area contributed by atoms with Crippen LogP contribution < -0.4 is 0 Å². The van der Waals surface area contributed by atoms with Gasteiger partial charge in [0.2, 0.25) is 10.0 Å². The van der Waals surface area contributed by atoms with Crippen LogP contribution >= 0.6 is 0 Å². The maximum absolute atomic E-state index is 12.2. The van der Waals surface area contributed by atoms with Crippen molar-refractivity contribution in [3.8, 4) is 0 Å². The zero-order valence-electron chi connectivity index (χ0n) is 11.8. The van der Waals surface area contributed by atoms with Gasteiger partial charge in [-0.2, -0.15) is 0 Å². The molecule has 0 fully saturated rings. The van der Waals surface area contributed by atoms with Crippen molar-refractivity contribution in [2.75, 3.05) is 19.8 Å². The van der Waals surface area contributed by atoms with E-state index in [1.807, 2.05) is 0 Å². The summed E-state index contributed by atoms with van der Waals surface area (Å²) >= 11 is 0. The van der Waals surface area contributed by atoms with E-state index in [-0.39, 0.29) is 16.3 Å². The van der Waals surface area contributed by atoms with Crippen molar-refractivity contribution in [1.82, 2.24) is 4.31 Å². The van der Waals surface area contributed by atoms with E-state index in [1.165, 1.54) is 38.2 Å². The Morgan fingerprint density at radius 3 is 1.95 bits per heavy atom. The molecule has 9 heteroatoms. The number of sulfone groups is 1. The van der Waals surface area contributed by atoms with Crippen molar-refractivity contribution in [2.24, 2.45) is 5.92 Å². The Morgan fingerprint density at radius 2 is 1.57 bits per heavy atom. The monoisotopic (exact) mass is 335 g/mol. The number of hydrogen-bond donors (Lipinski definition) is 1. The molecule has 0 aliphatic rings. The van der Waals surface area contributed by atoms with E-state index in [4.69, 9.17) is 5.11 Å². The van der Waals surface area contributed by atoms with Gasteiger partial charge in [-0.05, 0) is 24.3 Å². The molecule has 0 bridgehead atoms. The molecule has 21 heavy (non-hydrogen) atoms. The Hall–Kier alpha value is -1.45. The molecule has 1 aromatic rings. The van der Waals surface area contributed by atoms with Crippen LogP contribution in [-0.2, 0) is 24.7 Å². The maximum Gasteiger partial charge on any atom is 0.307 e. The lowest BCUT2D eigenvalue weighted by atomic mass is 10.2. The van der Waals surface area contributed by atoms with E-state index in [0.29, 0.717) is 0 Å². The first-order valence-electron chi connectivity index (χ1n) is 5.95. The van der Waals surface area contributed by atoms with Crippen molar-refractivity contribution in [2.45, 2.75) is 16.7 Å². The first-order chi connectivity index (χ1) is 9.46. The van der Waals surface area contributed by atoms with Crippen LogP contribution in [0.25, 0.3) is 0 Å². The van der Waals surface area contributed by atoms with E-state index in [2.05, 4.69) is 0 Å². The molecule has 0 saturated carbocycles. The number of carboxylic acids is 1. The maximum atomic E-state index is 12.2. The summed E-state index contributed by atoms with van der Waals surface area (Å²) in [6.07, 6.45) is 1.02. The Labute approximate surface area is 124 Å². The molecule has 1 rings (SSSR count). The lowest BCUT2D eigenvalue weighted by molar-refractivity contribution is -0.141. The van der Waals surface area contributed by atoms with Crippen molar-refractivity contribution in [3.63, 3.8) is 0 Å². The number of benzene rings is 1. The number of nitrogens with zero attached hydrogens (tertiary/aromatic N) is 1. The second-order valence-corrected chi connectivity index (χ2v) is 8.83. The van der Waals surface area contributed by atoms with E-state index in [0.717, 1.165) is 10.6 Å². The van der Waals surface area contributed by atoms with Crippen molar-refractivity contribution < 1.29 is 26.7 Å². The number of carbonyl (C=O) groups is 1. The van der Waals surface area contributed by atoms with Gasteiger partial charge in [0.05, 0.1) is 15.7 Å². The highest BCUT2D eigenvalue weighted by atomic mass is 32.2. The third kappa shape index (κ3) is 4.26. The lowest BCUT2D eigenvalue weighted by Gasteiger charge is -2.19. The summed E-state index contributed by atoms with van der Waals surface area (Å²) in [7, 11) is -5.98. The van der Waals surface area contributed by atoms with Crippen LogP contribution in [0.2, 0.25) is 0 Å². The fourth-order valence-corrected chi connectivity index (χ4v) is 3.49. The SMILES string of the molecule is CC(CN(C)S(=O)(=O)c1ccc(S(C)(=O)=O)cc1)C(=O)O. The second kappa shape index (κ2) is 6.12. The quantitative estimate of drug-likeness (QED) is 0.807. The van der Waals surface area contributed by atoms with Crippen LogP contribution in [0.5, 0.6) is 0 Å². The Morgan fingerprint density at radius 1 is 1.14 bits per heavy atom. The lowest BCUT2D eigenvalue weighted by Crippen LogP contribution is -2.33. The summed E-state index contributed by atoms with van der Waals surface area (Å²) in [5, 5.41) is 8.80. The third-order valence-corrected chi connectivity index (χ3v) is 5.88. The largest absolute Gasteiger partial charge is 0.481 e. The number of carboxylic acid groups (broad SMARTS) is 1. The molecule has 0 aliphatic heterocycles. The third-order valence-electron chi connectivity index (χ3n) is 2.91. The molecular weight excluding hydrogens is 318 g/mol. The summed E-state index contributed by atoms with van der Waals surface area (Å²) in [5.74, 6) is -1.94. The molecule has 1 unspecified atom stereocenters. The van der Waals surface area contributed by atoms with E-state index in [1.54, 1.807) is 0 Å². The van der Waals surface area contributed by atoms with Crippen LogP contribution in [0.3, 0.4) is 0 Å². The molecule has 0 aromatic heterocycles. The molecule has 1 N–H and O–H groups in total. The normalized spacial score (nSPS) is 14.1. The van der Waals surface area contributed by atoms with Crippen molar-refractivity contribution >= 4 is 25.8 Å². The van der Waals surface area contributed by atoms with Crippen LogP contribution in [-0.4, -0.2) is 52.1 Å². The zero-order valence-corrected chi connectivity index (χ0v) is 13.5. The van der Waals surface area contributed by atoms with Gasteiger partial charge in [0.15, 0.2) is 9.84 Å². The van der Waals surface area contributed by atoms with Crippen LogP contribution in [0, 0.1) is 5.92 Å². The predicted molar refractivity (Wildman–Crippen MR) is 76.2 cm³/mol. The van der Waals surface area contributed by atoms with Gasteiger partial charge >= 0.3 is 5.97 Å². The molecule has 0 spiro atoms. The summed E-state index contributed by atoms with van der Waals surface area (Å²) in [5.41, 5.74) is 0. The molecule has 0 amide bonds.